The lowest BCUT2D eigenvalue weighted by Gasteiger charge is -2.17. The Labute approximate surface area is 121 Å². The van der Waals surface area contributed by atoms with Crippen LogP contribution in [-0.4, -0.2) is 37.4 Å². The second-order valence-electron chi connectivity index (χ2n) is 6.37. The first-order valence-electron chi connectivity index (χ1n) is 7.48. The molecule has 4 nitrogen and oxygen atoms in total. The molecule has 3 rings (SSSR count). The van der Waals surface area contributed by atoms with E-state index in [2.05, 4.69) is 17.9 Å². The molecule has 1 saturated heterocycles. The summed E-state index contributed by atoms with van der Waals surface area (Å²) in [7, 11) is -2.90. The number of hydrogen-bond acceptors (Lipinski definition) is 4. The van der Waals surface area contributed by atoms with Crippen LogP contribution in [0.25, 0.3) is 0 Å². The van der Waals surface area contributed by atoms with Crippen LogP contribution in [-0.2, 0) is 16.4 Å². The van der Waals surface area contributed by atoms with E-state index in [1.807, 2.05) is 13.0 Å². The summed E-state index contributed by atoms with van der Waals surface area (Å²) in [5.74, 6) is 3.68. The van der Waals surface area contributed by atoms with Crippen molar-refractivity contribution in [2.75, 3.05) is 18.8 Å². The molecule has 0 spiro atoms. The van der Waals surface area contributed by atoms with E-state index in [-0.39, 0.29) is 11.0 Å². The fourth-order valence-corrected chi connectivity index (χ4v) is 4.27. The lowest BCUT2D eigenvalue weighted by Crippen LogP contribution is -2.26. The van der Waals surface area contributed by atoms with Crippen LogP contribution in [0.2, 0.25) is 0 Å². The predicted octanol–water partition coefficient (Wildman–Crippen LogP) is 2.41. The van der Waals surface area contributed by atoms with E-state index < -0.39 is 9.84 Å². The van der Waals surface area contributed by atoms with Gasteiger partial charge in [-0.3, -0.25) is 4.90 Å². The first kappa shape index (κ1) is 14.1. The third-order valence-corrected chi connectivity index (χ3v) is 6.91. The molecule has 0 aromatic carbocycles. The molecule has 1 aromatic rings. The second-order valence-corrected chi connectivity index (χ2v) is 8.90. The summed E-state index contributed by atoms with van der Waals surface area (Å²) >= 11 is 0. The molecule has 1 aromatic heterocycles. The number of sulfone groups is 1. The van der Waals surface area contributed by atoms with E-state index in [1.54, 1.807) is 0 Å². The second kappa shape index (κ2) is 5.19. The Morgan fingerprint density at radius 3 is 2.75 bits per heavy atom. The monoisotopic (exact) mass is 297 g/mol. The largest absolute Gasteiger partial charge is 0.464 e. The van der Waals surface area contributed by atoms with E-state index in [9.17, 15) is 8.42 Å². The highest BCUT2D eigenvalue weighted by Crippen LogP contribution is 2.47. The molecule has 0 bridgehead atoms. The summed E-state index contributed by atoms with van der Waals surface area (Å²) in [6.45, 7) is 6.23. The minimum absolute atomic E-state index is 0.216. The van der Waals surface area contributed by atoms with E-state index in [4.69, 9.17) is 4.42 Å². The minimum atomic E-state index is -2.90. The minimum Gasteiger partial charge on any atom is -0.464 e. The number of nitrogens with zero attached hydrogens (tertiary/aromatic N) is 1. The molecule has 112 valence electrons. The van der Waals surface area contributed by atoms with Gasteiger partial charge in [-0.15, -0.1) is 0 Å². The zero-order valence-corrected chi connectivity index (χ0v) is 13.0. The Hall–Kier alpha value is -0.810. The fourth-order valence-electron chi connectivity index (χ4n) is 2.89. The molecule has 2 fully saturated rings. The molecule has 3 unspecified atom stereocenters. The molecule has 0 amide bonds. The van der Waals surface area contributed by atoms with Gasteiger partial charge in [0.25, 0.3) is 0 Å². The average molecular weight is 297 g/mol. The van der Waals surface area contributed by atoms with Gasteiger partial charge < -0.3 is 4.42 Å². The van der Waals surface area contributed by atoms with Crippen molar-refractivity contribution < 1.29 is 12.8 Å². The zero-order valence-electron chi connectivity index (χ0n) is 12.2. The molecule has 20 heavy (non-hydrogen) atoms. The van der Waals surface area contributed by atoms with Crippen molar-refractivity contribution in [2.24, 2.45) is 5.92 Å². The Bertz CT molecular complexity index is 578. The van der Waals surface area contributed by atoms with Crippen LogP contribution in [0.1, 0.15) is 44.1 Å². The number of furan rings is 1. The van der Waals surface area contributed by atoms with E-state index >= 15 is 0 Å². The first-order chi connectivity index (χ1) is 9.45. The Morgan fingerprint density at radius 1 is 1.30 bits per heavy atom. The van der Waals surface area contributed by atoms with Gasteiger partial charge in [0.1, 0.15) is 11.5 Å². The van der Waals surface area contributed by atoms with Crippen LogP contribution in [0, 0.1) is 5.92 Å². The number of rotatable bonds is 3. The van der Waals surface area contributed by atoms with Gasteiger partial charge in [-0.05, 0) is 44.4 Å². The molecule has 0 radical (unpaired) electrons. The van der Waals surface area contributed by atoms with Crippen LogP contribution >= 0.6 is 0 Å². The SMILES string of the molecule is CC1CC1c1ccc(CN2CCC(C)S(=O)(=O)CC2)o1. The van der Waals surface area contributed by atoms with Gasteiger partial charge in [0.2, 0.25) is 0 Å². The van der Waals surface area contributed by atoms with Gasteiger partial charge in [0.15, 0.2) is 9.84 Å². The van der Waals surface area contributed by atoms with Crippen LogP contribution < -0.4 is 0 Å². The Morgan fingerprint density at radius 2 is 2.05 bits per heavy atom. The summed E-state index contributed by atoms with van der Waals surface area (Å²) in [6.07, 6.45) is 1.95. The van der Waals surface area contributed by atoms with Crippen LogP contribution in [0.15, 0.2) is 16.5 Å². The van der Waals surface area contributed by atoms with Crippen molar-refractivity contribution in [2.45, 2.75) is 44.4 Å². The third-order valence-electron chi connectivity index (χ3n) is 4.69. The van der Waals surface area contributed by atoms with Crippen LogP contribution in [0.3, 0.4) is 0 Å². The summed E-state index contributed by atoms with van der Waals surface area (Å²) in [4.78, 5) is 2.19. The van der Waals surface area contributed by atoms with Gasteiger partial charge in [0.05, 0.1) is 17.5 Å². The molecule has 1 aliphatic heterocycles. The maximum Gasteiger partial charge on any atom is 0.154 e. The summed E-state index contributed by atoms with van der Waals surface area (Å²) in [5, 5.41) is -0.216. The smallest absolute Gasteiger partial charge is 0.154 e. The molecule has 0 N–H and O–H groups in total. The highest BCUT2D eigenvalue weighted by Gasteiger charge is 2.36. The molecule has 1 aliphatic carbocycles. The Balaban J connectivity index is 1.62. The molecule has 2 aliphatic rings. The van der Waals surface area contributed by atoms with Gasteiger partial charge in [-0.2, -0.15) is 0 Å². The lowest BCUT2D eigenvalue weighted by atomic mass is 10.2. The molecule has 2 heterocycles. The van der Waals surface area contributed by atoms with Gasteiger partial charge in [-0.1, -0.05) is 6.92 Å². The average Bonchev–Trinajstić information content (AvgIpc) is 2.98. The van der Waals surface area contributed by atoms with Gasteiger partial charge in [0, 0.05) is 12.5 Å². The predicted molar refractivity (Wildman–Crippen MR) is 78.4 cm³/mol. The molecular weight excluding hydrogens is 274 g/mol. The number of hydrogen-bond donors (Lipinski definition) is 0. The maximum atomic E-state index is 11.9. The Kier molecular flexibility index (Phi) is 3.67. The third kappa shape index (κ3) is 2.93. The molecule has 5 heteroatoms. The van der Waals surface area contributed by atoms with Crippen molar-refractivity contribution in [3.63, 3.8) is 0 Å². The highest BCUT2D eigenvalue weighted by atomic mass is 32.2. The summed E-state index contributed by atoms with van der Waals surface area (Å²) in [5.41, 5.74) is 0. The summed E-state index contributed by atoms with van der Waals surface area (Å²) in [6, 6.07) is 4.13. The maximum absolute atomic E-state index is 11.9. The van der Waals surface area contributed by atoms with Crippen molar-refractivity contribution in [1.82, 2.24) is 4.90 Å². The highest BCUT2D eigenvalue weighted by molar-refractivity contribution is 7.92. The fraction of sp³-hybridized carbons (Fsp3) is 0.733. The molecule has 3 atom stereocenters. The zero-order chi connectivity index (χ0) is 14.3. The van der Waals surface area contributed by atoms with E-state index in [0.29, 0.717) is 12.5 Å². The topological polar surface area (TPSA) is 50.5 Å². The van der Waals surface area contributed by atoms with Gasteiger partial charge in [-0.25, -0.2) is 8.42 Å². The summed E-state index contributed by atoms with van der Waals surface area (Å²) < 4.78 is 29.7. The van der Waals surface area contributed by atoms with Crippen molar-refractivity contribution in [3.8, 4) is 0 Å². The van der Waals surface area contributed by atoms with Crippen LogP contribution in [0.4, 0.5) is 0 Å². The normalized spacial score (nSPS) is 33.8. The van der Waals surface area contributed by atoms with E-state index in [0.717, 1.165) is 36.9 Å². The quantitative estimate of drug-likeness (QED) is 0.859. The van der Waals surface area contributed by atoms with Crippen LogP contribution in [0.5, 0.6) is 0 Å². The van der Waals surface area contributed by atoms with Crippen molar-refractivity contribution in [3.05, 3.63) is 23.7 Å². The van der Waals surface area contributed by atoms with Gasteiger partial charge >= 0.3 is 0 Å². The van der Waals surface area contributed by atoms with E-state index in [1.165, 1.54) is 6.42 Å². The van der Waals surface area contributed by atoms with Crippen molar-refractivity contribution >= 4 is 9.84 Å². The molecular formula is C15H23NO3S. The molecule has 1 saturated carbocycles. The lowest BCUT2D eigenvalue weighted by molar-refractivity contribution is 0.256. The van der Waals surface area contributed by atoms with Crippen molar-refractivity contribution in [1.29, 1.82) is 0 Å². The standard InChI is InChI=1S/C15H23NO3S/c1-11-9-14(11)15-4-3-13(19-15)10-16-6-5-12(2)20(17,18)8-7-16/h3-4,11-12,14H,5-10H2,1-2H3. The first-order valence-corrected chi connectivity index (χ1v) is 9.20.